The highest BCUT2D eigenvalue weighted by atomic mass is 35.5. The Balaban J connectivity index is 2.67. The summed E-state index contributed by atoms with van der Waals surface area (Å²) in [5.41, 5.74) is 3.19. The number of hydrogen-bond donors (Lipinski definition) is 1. The molecule has 1 N–H and O–H groups in total. The molecule has 1 aromatic carbocycles. The highest BCUT2D eigenvalue weighted by Gasteiger charge is 2.26. The van der Waals surface area contributed by atoms with Gasteiger partial charge in [0.25, 0.3) is 5.91 Å². The number of amides is 1. The van der Waals surface area contributed by atoms with Crippen LogP contribution in [0.15, 0.2) is 18.2 Å². The van der Waals surface area contributed by atoms with Gasteiger partial charge in [-0.25, -0.2) is 4.68 Å². The van der Waals surface area contributed by atoms with Crippen LogP contribution >= 0.6 is 23.2 Å². The molecule has 2 aromatic rings. The predicted molar refractivity (Wildman–Crippen MR) is 104 cm³/mol. The van der Waals surface area contributed by atoms with Crippen molar-refractivity contribution in [2.24, 2.45) is 0 Å². The molecule has 0 saturated heterocycles. The SMILES string of the molecule is CCCc1nn(-c2ccc(Cl)c(Cl)c2)c(C(C)C)c1C(=O)NC(C)C. The van der Waals surface area contributed by atoms with Gasteiger partial charge in [-0.05, 0) is 44.4 Å². The van der Waals surface area contributed by atoms with Crippen molar-refractivity contribution in [1.29, 1.82) is 0 Å². The van der Waals surface area contributed by atoms with Crippen LogP contribution in [0.25, 0.3) is 5.69 Å². The average Bonchev–Trinajstić information content (AvgIpc) is 2.89. The van der Waals surface area contributed by atoms with E-state index < -0.39 is 0 Å². The van der Waals surface area contributed by atoms with E-state index in [9.17, 15) is 4.79 Å². The van der Waals surface area contributed by atoms with Crippen LogP contribution in [-0.4, -0.2) is 21.7 Å². The summed E-state index contributed by atoms with van der Waals surface area (Å²) in [5.74, 6) is 0.0499. The van der Waals surface area contributed by atoms with Crippen LogP contribution < -0.4 is 5.32 Å². The second-order valence-electron chi connectivity index (χ2n) is 6.75. The lowest BCUT2D eigenvalue weighted by molar-refractivity contribution is 0.0941. The van der Waals surface area contributed by atoms with Gasteiger partial charge < -0.3 is 5.32 Å². The lowest BCUT2D eigenvalue weighted by Gasteiger charge is -2.14. The molecular formula is C19H25Cl2N3O. The fourth-order valence-corrected chi connectivity index (χ4v) is 3.11. The summed E-state index contributed by atoms with van der Waals surface area (Å²) in [6, 6.07) is 5.46. The average molecular weight is 382 g/mol. The van der Waals surface area contributed by atoms with E-state index in [0.717, 1.165) is 29.9 Å². The highest BCUT2D eigenvalue weighted by molar-refractivity contribution is 6.42. The monoisotopic (exact) mass is 381 g/mol. The van der Waals surface area contributed by atoms with E-state index >= 15 is 0 Å². The number of carbonyl (C=O) groups is 1. The third kappa shape index (κ3) is 4.36. The van der Waals surface area contributed by atoms with Gasteiger partial charge in [0, 0.05) is 6.04 Å². The van der Waals surface area contributed by atoms with Crippen molar-refractivity contribution >= 4 is 29.1 Å². The lowest BCUT2D eigenvalue weighted by Crippen LogP contribution is -2.31. The molecule has 1 amide bonds. The fourth-order valence-electron chi connectivity index (χ4n) is 2.82. The predicted octanol–water partition coefficient (Wildman–Crippen LogP) is 5.39. The molecule has 4 nitrogen and oxygen atoms in total. The van der Waals surface area contributed by atoms with Crippen LogP contribution in [0.3, 0.4) is 0 Å². The molecule has 0 atom stereocenters. The molecule has 0 aliphatic carbocycles. The first-order chi connectivity index (χ1) is 11.8. The molecule has 1 heterocycles. The van der Waals surface area contributed by atoms with Gasteiger partial charge in [0.2, 0.25) is 0 Å². The van der Waals surface area contributed by atoms with Gasteiger partial charge in [0.05, 0.1) is 32.7 Å². The first-order valence-corrected chi connectivity index (χ1v) is 9.39. The Bertz CT molecular complexity index is 766. The molecule has 1 aromatic heterocycles. The van der Waals surface area contributed by atoms with E-state index in [4.69, 9.17) is 28.3 Å². The van der Waals surface area contributed by atoms with Gasteiger partial charge in [-0.2, -0.15) is 5.10 Å². The van der Waals surface area contributed by atoms with Gasteiger partial charge in [-0.15, -0.1) is 0 Å². The van der Waals surface area contributed by atoms with Crippen molar-refractivity contribution in [2.75, 3.05) is 0 Å². The number of rotatable bonds is 6. The summed E-state index contributed by atoms with van der Waals surface area (Å²) >= 11 is 12.2. The summed E-state index contributed by atoms with van der Waals surface area (Å²) in [6.45, 7) is 10.1. The van der Waals surface area contributed by atoms with Crippen LogP contribution in [0, 0.1) is 0 Å². The normalized spacial score (nSPS) is 11.4. The van der Waals surface area contributed by atoms with Gasteiger partial charge in [0.1, 0.15) is 0 Å². The Hall–Kier alpha value is -1.52. The molecule has 25 heavy (non-hydrogen) atoms. The quantitative estimate of drug-likeness (QED) is 0.728. The molecule has 2 rings (SSSR count). The van der Waals surface area contributed by atoms with Gasteiger partial charge in [-0.1, -0.05) is 50.4 Å². The van der Waals surface area contributed by atoms with E-state index in [1.165, 1.54) is 0 Å². The standard InChI is InChI=1S/C19H25Cl2N3O/c1-6-7-16-17(19(25)22-12(4)5)18(11(2)3)24(23-16)13-8-9-14(20)15(21)10-13/h8-12H,6-7H2,1-5H3,(H,22,25). The molecule has 0 unspecified atom stereocenters. The molecule has 0 saturated carbocycles. The largest absolute Gasteiger partial charge is 0.350 e. The minimum atomic E-state index is -0.0755. The van der Waals surface area contributed by atoms with Crippen LogP contribution in [-0.2, 0) is 6.42 Å². The second-order valence-corrected chi connectivity index (χ2v) is 7.56. The molecule has 0 aliphatic heterocycles. The summed E-state index contributed by atoms with van der Waals surface area (Å²) in [5, 5.41) is 8.71. The minimum Gasteiger partial charge on any atom is -0.350 e. The maximum Gasteiger partial charge on any atom is 0.255 e. The van der Waals surface area contributed by atoms with E-state index in [1.54, 1.807) is 12.1 Å². The number of carbonyl (C=O) groups excluding carboxylic acids is 1. The van der Waals surface area contributed by atoms with Gasteiger partial charge >= 0.3 is 0 Å². The Morgan fingerprint density at radius 1 is 1.20 bits per heavy atom. The molecule has 136 valence electrons. The number of aryl methyl sites for hydroxylation is 1. The second kappa shape index (κ2) is 8.24. The van der Waals surface area contributed by atoms with Crippen LogP contribution in [0.5, 0.6) is 0 Å². The van der Waals surface area contributed by atoms with Crippen molar-refractivity contribution < 1.29 is 4.79 Å². The van der Waals surface area contributed by atoms with Crippen molar-refractivity contribution in [3.63, 3.8) is 0 Å². The zero-order valence-corrected chi connectivity index (χ0v) is 16.9. The Kier molecular flexibility index (Phi) is 6.53. The number of benzene rings is 1. The lowest BCUT2D eigenvalue weighted by atomic mass is 10.0. The number of aromatic nitrogens is 2. The molecule has 0 aliphatic rings. The fraction of sp³-hybridized carbons (Fsp3) is 0.474. The topological polar surface area (TPSA) is 46.9 Å². The third-order valence-corrected chi connectivity index (χ3v) is 4.56. The molecule has 0 bridgehead atoms. The van der Waals surface area contributed by atoms with Crippen molar-refractivity contribution in [2.45, 2.75) is 59.4 Å². The highest BCUT2D eigenvalue weighted by Crippen LogP contribution is 2.30. The molecule has 0 radical (unpaired) electrons. The maximum absolute atomic E-state index is 12.8. The van der Waals surface area contributed by atoms with E-state index in [2.05, 4.69) is 26.1 Å². The van der Waals surface area contributed by atoms with Gasteiger partial charge in [-0.3, -0.25) is 4.79 Å². The van der Waals surface area contributed by atoms with Gasteiger partial charge in [0.15, 0.2) is 0 Å². The summed E-state index contributed by atoms with van der Waals surface area (Å²) in [4.78, 5) is 12.8. The number of hydrogen-bond acceptors (Lipinski definition) is 2. The summed E-state index contributed by atoms with van der Waals surface area (Å²) in [7, 11) is 0. The molecular weight excluding hydrogens is 357 g/mol. The zero-order chi connectivity index (χ0) is 18.7. The van der Waals surface area contributed by atoms with Crippen LogP contribution in [0.2, 0.25) is 10.0 Å². The van der Waals surface area contributed by atoms with Crippen molar-refractivity contribution in [3.05, 3.63) is 45.2 Å². The number of nitrogens with zero attached hydrogens (tertiary/aromatic N) is 2. The van der Waals surface area contributed by atoms with Crippen molar-refractivity contribution in [1.82, 2.24) is 15.1 Å². The van der Waals surface area contributed by atoms with E-state index in [1.807, 2.05) is 24.6 Å². The molecule has 0 spiro atoms. The van der Waals surface area contributed by atoms with Crippen LogP contribution in [0.1, 0.15) is 68.7 Å². The number of halogens is 2. The first kappa shape index (κ1) is 19.8. The zero-order valence-electron chi connectivity index (χ0n) is 15.4. The summed E-state index contributed by atoms with van der Waals surface area (Å²) < 4.78 is 1.83. The Morgan fingerprint density at radius 3 is 2.40 bits per heavy atom. The van der Waals surface area contributed by atoms with Crippen LogP contribution in [0.4, 0.5) is 0 Å². The Labute approximate surface area is 159 Å². The van der Waals surface area contributed by atoms with E-state index in [0.29, 0.717) is 15.6 Å². The summed E-state index contributed by atoms with van der Waals surface area (Å²) in [6.07, 6.45) is 1.66. The van der Waals surface area contributed by atoms with E-state index in [-0.39, 0.29) is 17.9 Å². The molecule has 6 heteroatoms. The minimum absolute atomic E-state index is 0.0651. The number of nitrogens with one attached hydrogen (secondary N) is 1. The smallest absolute Gasteiger partial charge is 0.255 e. The van der Waals surface area contributed by atoms with Crippen molar-refractivity contribution in [3.8, 4) is 5.69 Å². The molecule has 0 fully saturated rings. The maximum atomic E-state index is 12.8. The third-order valence-electron chi connectivity index (χ3n) is 3.82. The Morgan fingerprint density at radius 2 is 1.88 bits per heavy atom. The first-order valence-electron chi connectivity index (χ1n) is 8.64.